The van der Waals surface area contributed by atoms with Crippen molar-refractivity contribution in [3.63, 3.8) is 0 Å². The molecule has 142 valence electrons. The maximum atomic E-state index is 3.65. The summed E-state index contributed by atoms with van der Waals surface area (Å²) in [4.78, 5) is 6.50. The van der Waals surface area contributed by atoms with E-state index in [-0.39, 0.29) is 0 Å². The van der Waals surface area contributed by atoms with E-state index in [0.29, 0.717) is 12.0 Å². The van der Waals surface area contributed by atoms with E-state index in [1.807, 2.05) is 0 Å². The normalized spacial score (nSPS) is 23.9. The molecule has 3 heterocycles. The molecule has 0 amide bonds. The number of anilines is 1. The average molecular weight is 380 g/mol. The van der Waals surface area contributed by atoms with Crippen molar-refractivity contribution in [2.75, 3.05) is 44.4 Å². The maximum absolute atomic E-state index is 3.65. The Balaban J connectivity index is 1.60. The minimum atomic E-state index is 0.649. The van der Waals surface area contributed by atoms with Gasteiger partial charge in [0.15, 0.2) is 0 Å². The van der Waals surface area contributed by atoms with Crippen molar-refractivity contribution in [2.45, 2.75) is 36.2 Å². The number of nitrogens with one attached hydrogen (secondary N) is 1. The van der Waals surface area contributed by atoms with E-state index in [1.165, 1.54) is 46.7 Å². The number of thioether (sulfide) groups is 1. The van der Waals surface area contributed by atoms with Crippen LogP contribution in [-0.2, 0) is 6.54 Å². The van der Waals surface area contributed by atoms with Crippen molar-refractivity contribution in [1.82, 2.24) is 10.2 Å². The smallest absolute Gasteiger partial charge is 0.0544 e. The predicted octanol–water partition coefficient (Wildman–Crippen LogP) is 4.18. The highest BCUT2D eigenvalue weighted by atomic mass is 32.2. The van der Waals surface area contributed by atoms with Gasteiger partial charge in [-0.3, -0.25) is 0 Å². The molecule has 3 aliphatic heterocycles. The molecular weight excluding hydrogens is 350 g/mol. The van der Waals surface area contributed by atoms with Gasteiger partial charge in [-0.05, 0) is 79.7 Å². The van der Waals surface area contributed by atoms with Gasteiger partial charge in [0.05, 0.1) is 5.69 Å². The zero-order chi connectivity index (χ0) is 18.4. The Bertz CT molecular complexity index is 848. The van der Waals surface area contributed by atoms with E-state index in [2.05, 4.69) is 77.4 Å². The quantitative estimate of drug-likeness (QED) is 0.862. The molecule has 0 aromatic heterocycles. The lowest BCUT2D eigenvalue weighted by molar-refractivity contribution is 0.402. The first kappa shape index (κ1) is 17.6. The van der Waals surface area contributed by atoms with E-state index >= 15 is 0 Å². The van der Waals surface area contributed by atoms with Crippen LogP contribution in [0.5, 0.6) is 0 Å². The fraction of sp³-hybridized carbons (Fsp3) is 0.478. The minimum absolute atomic E-state index is 0.649. The third kappa shape index (κ3) is 3.18. The molecule has 0 radical (unpaired) electrons. The van der Waals surface area contributed by atoms with Gasteiger partial charge in [-0.1, -0.05) is 18.2 Å². The van der Waals surface area contributed by atoms with Crippen molar-refractivity contribution in [2.24, 2.45) is 0 Å². The fourth-order valence-corrected chi connectivity index (χ4v) is 6.18. The van der Waals surface area contributed by atoms with Gasteiger partial charge in [0, 0.05) is 36.5 Å². The number of hydrogen-bond donors (Lipinski definition) is 1. The lowest BCUT2D eigenvalue weighted by Gasteiger charge is -2.33. The van der Waals surface area contributed by atoms with Gasteiger partial charge >= 0.3 is 0 Å². The molecule has 1 saturated heterocycles. The summed E-state index contributed by atoms with van der Waals surface area (Å²) in [6, 6.07) is 14.8. The van der Waals surface area contributed by atoms with Gasteiger partial charge in [-0.2, -0.15) is 0 Å². The van der Waals surface area contributed by atoms with Crippen LogP contribution in [0.1, 0.15) is 29.9 Å². The van der Waals surface area contributed by atoms with Gasteiger partial charge in [0.2, 0.25) is 0 Å². The lowest BCUT2D eigenvalue weighted by atomic mass is 9.88. The molecule has 1 N–H and O–H groups in total. The molecule has 1 fully saturated rings. The zero-order valence-corrected chi connectivity index (χ0v) is 17.2. The molecule has 27 heavy (non-hydrogen) atoms. The first-order valence-electron chi connectivity index (χ1n) is 10.2. The summed E-state index contributed by atoms with van der Waals surface area (Å²) in [5.41, 5.74) is 7.29. The Labute approximate surface area is 167 Å². The topological polar surface area (TPSA) is 18.5 Å². The highest BCUT2D eigenvalue weighted by Crippen LogP contribution is 2.51. The second kappa shape index (κ2) is 7.16. The van der Waals surface area contributed by atoms with Crippen LogP contribution >= 0.6 is 11.8 Å². The third-order valence-corrected chi connectivity index (χ3v) is 7.31. The first-order valence-corrected chi connectivity index (χ1v) is 11.2. The molecule has 3 aliphatic rings. The Hall–Kier alpha value is -1.49. The van der Waals surface area contributed by atoms with Crippen LogP contribution in [0.25, 0.3) is 11.1 Å². The molecule has 0 bridgehead atoms. The number of rotatable bonds is 3. The van der Waals surface area contributed by atoms with Crippen LogP contribution in [0.2, 0.25) is 0 Å². The van der Waals surface area contributed by atoms with E-state index < -0.39 is 0 Å². The fourth-order valence-electron chi connectivity index (χ4n) is 5.11. The third-order valence-electron chi connectivity index (χ3n) is 6.20. The molecule has 0 saturated carbocycles. The Morgan fingerprint density at radius 2 is 2.11 bits per heavy atom. The van der Waals surface area contributed by atoms with Crippen molar-refractivity contribution in [1.29, 1.82) is 0 Å². The molecule has 5 rings (SSSR count). The van der Waals surface area contributed by atoms with Gasteiger partial charge in [0.25, 0.3) is 0 Å². The van der Waals surface area contributed by atoms with Gasteiger partial charge in [-0.25, -0.2) is 0 Å². The Kier molecular flexibility index (Phi) is 4.66. The summed E-state index contributed by atoms with van der Waals surface area (Å²) >= 11 is 2.07. The SMILES string of the molecule is CN(C)Cc1cccc(-c2cc3c4c(c2)[C@@H]2CNCC[C@@H]2N4CCCS3)c1. The molecule has 3 nitrogen and oxygen atoms in total. The number of hydrogen-bond acceptors (Lipinski definition) is 4. The van der Waals surface area contributed by atoms with E-state index in [0.717, 1.165) is 19.6 Å². The minimum Gasteiger partial charge on any atom is -0.367 e. The number of fused-ring (bicyclic) bond motifs is 3. The molecule has 2 aromatic carbocycles. The summed E-state index contributed by atoms with van der Waals surface area (Å²) in [6.45, 7) is 4.50. The molecular formula is C23H29N3S. The van der Waals surface area contributed by atoms with Crippen molar-refractivity contribution >= 4 is 17.4 Å². The zero-order valence-electron chi connectivity index (χ0n) is 16.4. The molecule has 0 aliphatic carbocycles. The molecule has 0 spiro atoms. The number of nitrogens with zero attached hydrogens (tertiary/aromatic N) is 2. The highest BCUT2D eigenvalue weighted by molar-refractivity contribution is 7.99. The lowest BCUT2D eigenvalue weighted by Crippen LogP contribution is -2.44. The van der Waals surface area contributed by atoms with E-state index in [9.17, 15) is 0 Å². The van der Waals surface area contributed by atoms with Crippen LogP contribution in [0, 0.1) is 0 Å². The number of piperidine rings is 1. The first-order chi connectivity index (χ1) is 13.2. The van der Waals surface area contributed by atoms with Crippen molar-refractivity contribution in [3.05, 3.63) is 47.5 Å². The second-order valence-electron chi connectivity index (χ2n) is 8.41. The van der Waals surface area contributed by atoms with Crippen LogP contribution in [0.4, 0.5) is 5.69 Å². The summed E-state index contributed by atoms with van der Waals surface area (Å²) in [5, 5.41) is 3.65. The van der Waals surface area contributed by atoms with Crippen LogP contribution < -0.4 is 10.2 Å². The number of benzene rings is 2. The molecule has 4 heteroatoms. The van der Waals surface area contributed by atoms with Crippen LogP contribution in [-0.4, -0.2) is 50.4 Å². The monoisotopic (exact) mass is 379 g/mol. The second-order valence-corrected chi connectivity index (χ2v) is 9.55. The van der Waals surface area contributed by atoms with Gasteiger partial charge < -0.3 is 15.1 Å². The van der Waals surface area contributed by atoms with Crippen LogP contribution in [0.15, 0.2) is 41.3 Å². The Morgan fingerprint density at radius 3 is 3.00 bits per heavy atom. The summed E-state index contributed by atoms with van der Waals surface area (Å²) in [7, 11) is 4.27. The summed E-state index contributed by atoms with van der Waals surface area (Å²) < 4.78 is 0. The Morgan fingerprint density at radius 1 is 1.19 bits per heavy atom. The largest absolute Gasteiger partial charge is 0.367 e. The summed E-state index contributed by atoms with van der Waals surface area (Å²) in [5.74, 6) is 1.89. The van der Waals surface area contributed by atoms with Crippen LogP contribution in [0.3, 0.4) is 0 Å². The molecule has 2 atom stereocenters. The molecule has 2 aromatic rings. The highest BCUT2D eigenvalue weighted by Gasteiger charge is 2.41. The summed E-state index contributed by atoms with van der Waals surface area (Å²) in [6.07, 6.45) is 2.57. The van der Waals surface area contributed by atoms with Crippen molar-refractivity contribution < 1.29 is 0 Å². The maximum Gasteiger partial charge on any atom is 0.0544 e. The van der Waals surface area contributed by atoms with Gasteiger partial charge in [0.1, 0.15) is 0 Å². The predicted molar refractivity (Wildman–Crippen MR) is 116 cm³/mol. The van der Waals surface area contributed by atoms with Gasteiger partial charge in [-0.15, -0.1) is 11.8 Å². The standard InChI is InChI=1S/C23H29N3S/c1-25(2)15-16-5-3-6-17(11-16)18-12-19-20-14-24-8-7-21(20)26-9-4-10-27-22(13-18)23(19)26/h3,5-6,11-13,20-21,24H,4,7-10,14-15H2,1-2H3/t20-,21-/m0/s1. The average Bonchev–Trinajstić information content (AvgIpc) is 2.83. The molecule has 0 unspecified atom stereocenters. The van der Waals surface area contributed by atoms with E-state index in [1.54, 1.807) is 11.3 Å². The van der Waals surface area contributed by atoms with Crippen molar-refractivity contribution in [3.8, 4) is 11.1 Å². The van der Waals surface area contributed by atoms with E-state index in [4.69, 9.17) is 0 Å².